The van der Waals surface area contributed by atoms with E-state index in [1.807, 2.05) is 30.7 Å². The van der Waals surface area contributed by atoms with Crippen molar-refractivity contribution in [2.24, 2.45) is 5.41 Å². The number of methoxy groups -OCH3 is 1. The highest BCUT2D eigenvalue weighted by atomic mass is 16.5. The Morgan fingerprint density at radius 2 is 2.37 bits per heavy atom. The molecule has 1 aliphatic rings. The first-order valence-corrected chi connectivity index (χ1v) is 6.60. The summed E-state index contributed by atoms with van der Waals surface area (Å²) in [6.45, 7) is 5.16. The van der Waals surface area contributed by atoms with E-state index in [2.05, 4.69) is 5.32 Å². The Hall–Kier alpha value is -1.33. The van der Waals surface area contributed by atoms with Crippen molar-refractivity contribution >= 4 is 5.91 Å². The van der Waals surface area contributed by atoms with Crippen molar-refractivity contribution in [1.82, 2.24) is 9.88 Å². The Bertz CT molecular complexity index is 453. The standard InChI is InChI=1S/C14H22N2O3/c1-14(2)11(9-12(14)17)15-13(18)10-5-4-6-16(10)7-8-19-3/h4-6,11-12,17H,7-9H2,1-3H3,(H,15,18). The van der Waals surface area contributed by atoms with Gasteiger partial charge >= 0.3 is 0 Å². The molecule has 1 fully saturated rings. The zero-order valence-corrected chi connectivity index (χ0v) is 11.7. The van der Waals surface area contributed by atoms with Gasteiger partial charge in [0.05, 0.1) is 12.7 Å². The fourth-order valence-corrected chi connectivity index (χ4v) is 2.38. The molecule has 0 spiro atoms. The van der Waals surface area contributed by atoms with Crippen molar-refractivity contribution < 1.29 is 14.6 Å². The molecule has 5 heteroatoms. The summed E-state index contributed by atoms with van der Waals surface area (Å²) in [5, 5.41) is 12.7. The lowest BCUT2D eigenvalue weighted by Crippen LogP contribution is -2.61. The molecule has 1 amide bonds. The van der Waals surface area contributed by atoms with Crippen molar-refractivity contribution in [3.63, 3.8) is 0 Å². The van der Waals surface area contributed by atoms with Crippen LogP contribution in [0.15, 0.2) is 18.3 Å². The van der Waals surface area contributed by atoms with Crippen LogP contribution < -0.4 is 5.32 Å². The van der Waals surface area contributed by atoms with Crippen molar-refractivity contribution in [3.8, 4) is 0 Å². The molecule has 1 aliphatic carbocycles. The maximum atomic E-state index is 12.2. The Balaban J connectivity index is 1.99. The molecule has 2 atom stereocenters. The van der Waals surface area contributed by atoms with Crippen LogP contribution in [-0.2, 0) is 11.3 Å². The summed E-state index contributed by atoms with van der Waals surface area (Å²) >= 11 is 0. The monoisotopic (exact) mass is 266 g/mol. The minimum atomic E-state index is -0.335. The Morgan fingerprint density at radius 1 is 1.63 bits per heavy atom. The summed E-state index contributed by atoms with van der Waals surface area (Å²) in [4.78, 5) is 12.2. The minimum Gasteiger partial charge on any atom is -0.392 e. The average Bonchev–Trinajstić information content (AvgIpc) is 2.84. The number of aromatic nitrogens is 1. The number of hydrogen-bond acceptors (Lipinski definition) is 3. The summed E-state index contributed by atoms with van der Waals surface area (Å²) in [5.74, 6) is -0.0916. The summed E-state index contributed by atoms with van der Waals surface area (Å²) in [6.07, 6.45) is 2.16. The molecular formula is C14H22N2O3. The summed E-state index contributed by atoms with van der Waals surface area (Å²) < 4.78 is 6.90. The number of carbonyl (C=O) groups is 1. The van der Waals surface area contributed by atoms with Gasteiger partial charge in [-0.15, -0.1) is 0 Å². The lowest BCUT2D eigenvalue weighted by Gasteiger charge is -2.49. The van der Waals surface area contributed by atoms with E-state index >= 15 is 0 Å². The van der Waals surface area contributed by atoms with Crippen molar-refractivity contribution in [3.05, 3.63) is 24.0 Å². The minimum absolute atomic E-state index is 0.0285. The van der Waals surface area contributed by atoms with Gasteiger partial charge in [0.1, 0.15) is 5.69 Å². The van der Waals surface area contributed by atoms with Gasteiger partial charge in [-0.05, 0) is 18.6 Å². The van der Waals surface area contributed by atoms with Crippen LogP contribution in [0.1, 0.15) is 30.8 Å². The van der Waals surface area contributed by atoms with E-state index in [9.17, 15) is 9.90 Å². The predicted octanol–water partition coefficient (Wildman–Crippen LogP) is 1.02. The van der Waals surface area contributed by atoms with E-state index in [1.54, 1.807) is 13.2 Å². The topological polar surface area (TPSA) is 63.5 Å². The molecule has 1 aromatic rings. The summed E-state index contributed by atoms with van der Waals surface area (Å²) in [7, 11) is 1.64. The van der Waals surface area contributed by atoms with Gasteiger partial charge in [-0.1, -0.05) is 13.8 Å². The SMILES string of the molecule is COCCn1cccc1C(=O)NC1CC(O)C1(C)C. The third-order valence-electron chi connectivity index (χ3n) is 4.12. The van der Waals surface area contributed by atoms with Gasteiger partial charge in [0.15, 0.2) is 0 Å². The number of nitrogens with zero attached hydrogens (tertiary/aromatic N) is 1. The van der Waals surface area contributed by atoms with Crippen molar-refractivity contribution in [1.29, 1.82) is 0 Å². The molecule has 0 aliphatic heterocycles. The third kappa shape index (κ3) is 2.67. The molecular weight excluding hydrogens is 244 g/mol. The van der Waals surface area contributed by atoms with Crippen LogP contribution in [-0.4, -0.2) is 41.4 Å². The lowest BCUT2D eigenvalue weighted by atomic mass is 9.64. The van der Waals surface area contributed by atoms with Crippen LogP contribution in [0.25, 0.3) is 0 Å². The second-order valence-electron chi connectivity index (χ2n) is 5.68. The van der Waals surface area contributed by atoms with Crippen LogP contribution in [0.5, 0.6) is 0 Å². The first kappa shape index (κ1) is 14.1. The molecule has 0 saturated heterocycles. The van der Waals surface area contributed by atoms with E-state index in [1.165, 1.54) is 0 Å². The molecule has 0 radical (unpaired) electrons. The number of hydrogen-bond donors (Lipinski definition) is 2. The van der Waals surface area contributed by atoms with Gasteiger partial charge in [0, 0.05) is 31.3 Å². The summed E-state index contributed by atoms with van der Waals surface area (Å²) in [5.41, 5.74) is 0.383. The second-order valence-corrected chi connectivity index (χ2v) is 5.68. The first-order valence-electron chi connectivity index (χ1n) is 6.60. The van der Waals surface area contributed by atoms with E-state index in [0.29, 0.717) is 25.3 Å². The maximum Gasteiger partial charge on any atom is 0.268 e. The van der Waals surface area contributed by atoms with Crippen LogP contribution in [0.4, 0.5) is 0 Å². The zero-order valence-electron chi connectivity index (χ0n) is 11.7. The normalized spacial score (nSPS) is 24.8. The van der Waals surface area contributed by atoms with Crippen LogP contribution in [0, 0.1) is 5.41 Å². The molecule has 0 bridgehead atoms. The molecule has 2 unspecified atom stereocenters. The molecule has 2 N–H and O–H groups in total. The average molecular weight is 266 g/mol. The number of aliphatic hydroxyl groups excluding tert-OH is 1. The van der Waals surface area contributed by atoms with Gasteiger partial charge in [-0.25, -0.2) is 0 Å². The zero-order chi connectivity index (χ0) is 14.0. The highest BCUT2D eigenvalue weighted by Crippen LogP contribution is 2.40. The summed E-state index contributed by atoms with van der Waals surface area (Å²) in [6, 6.07) is 3.68. The number of nitrogens with one attached hydrogen (secondary N) is 1. The Morgan fingerprint density at radius 3 is 2.95 bits per heavy atom. The van der Waals surface area contributed by atoms with Gasteiger partial charge < -0.3 is 19.7 Å². The third-order valence-corrected chi connectivity index (χ3v) is 4.12. The lowest BCUT2D eigenvalue weighted by molar-refractivity contribution is -0.0690. The largest absolute Gasteiger partial charge is 0.392 e. The first-order chi connectivity index (χ1) is 8.96. The maximum absolute atomic E-state index is 12.2. The molecule has 1 aromatic heterocycles. The van der Waals surface area contributed by atoms with E-state index in [0.717, 1.165) is 0 Å². The molecule has 1 heterocycles. The van der Waals surface area contributed by atoms with Crippen LogP contribution in [0.2, 0.25) is 0 Å². The van der Waals surface area contributed by atoms with E-state index < -0.39 is 0 Å². The number of aliphatic hydroxyl groups is 1. The second kappa shape index (κ2) is 5.35. The highest BCUT2D eigenvalue weighted by Gasteiger charge is 2.48. The molecule has 0 aromatic carbocycles. The smallest absolute Gasteiger partial charge is 0.268 e. The Kier molecular flexibility index (Phi) is 3.96. The van der Waals surface area contributed by atoms with E-state index in [4.69, 9.17) is 4.74 Å². The van der Waals surface area contributed by atoms with Gasteiger partial charge in [0.2, 0.25) is 0 Å². The van der Waals surface area contributed by atoms with Gasteiger partial charge in [0.25, 0.3) is 5.91 Å². The number of amides is 1. The number of carbonyl (C=O) groups excluding carboxylic acids is 1. The van der Waals surface area contributed by atoms with Crippen molar-refractivity contribution in [2.75, 3.05) is 13.7 Å². The molecule has 106 valence electrons. The Labute approximate surface area is 113 Å². The molecule has 19 heavy (non-hydrogen) atoms. The number of rotatable bonds is 5. The van der Waals surface area contributed by atoms with Crippen molar-refractivity contribution in [2.45, 2.75) is 39.0 Å². The van der Waals surface area contributed by atoms with Gasteiger partial charge in [-0.2, -0.15) is 0 Å². The molecule has 2 rings (SSSR count). The molecule has 5 nitrogen and oxygen atoms in total. The molecule has 1 saturated carbocycles. The predicted molar refractivity (Wildman–Crippen MR) is 72.0 cm³/mol. The van der Waals surface area contributed by atoms with E-state index in [-0.39, 0.29) is 23.5 Å². The van der Waals surface area contributed by atoms with Crippen LogP contribution >= 0.6 is 0 Å². The fraction of sp³-hybridized carbons (Fsp3) is 0.643. The highest BCUT2D eigenvalue weighted by molar-refractivity contribution is 5.93. The fourth-order valence-electron chi connectivity index (χ4n) is 2.38. The number of ether oxygens (including phenoxy) is 1. The van der Waals surface area contributed by atoms with Crippen LogP contribution in [0.3, 0.4) is 0 Å². The van der Waals surface area contributed by atoms with Gasteiger partial charge in [-0.3, -0.25) is 4.79 Å². The quantitative estimate of drug-likeness (QED) is 0.836.